The minimum absolute atomic E-state index is 0.0204. The molecule has 0 aromatic rings. The lowest BCUT2D eigenvalue weighted by atomic mass is 10.1. The third-order valence-electron chi connectivity index (χ3n) is 2.58. The quantitative estimate of drug-likeness (QED) is 0.534. The van der Waals surface area contributed by atoms with E-state index in [1.165, 1.54) is 0 Å². The Bertz CT molecular complexity index is 219. The van der Waals surface area contributed by atoms with Crippen LogP contribution in [0.4, 0.5) is 0 Å². The first-order valence-electron chi connectivity index (χ1n) is 5.48. The number of rotatable bonds is 5. The molecule has 2 N–H and O–H groups in total. The van der Waals surface area contributed by atoms with Crippen molar-refractivity contribution in [1.82, 2.24) is 4.90 Å². The highest BCUT2D eigenvalue weighted by Gasteiger charge is 2.22. The largest absolute Gasteiger partial charge is 0.376 e. The SMILES string of the molecule is C=CCCOC1CCCN(C(=O)CN)C1. The Hall–Kier alpha value is -0.870. The average molecular weight is 212 g/mol. The number of hydrogen-bond acceptors (Lipinski definition) is 3. The van der Waals surface area contributed by atoms with Crippen molar-refractivity contribution in [3.05, 3.63) is 12.7 Å². The van der Waals surface area contributed by atoms with Crippen molar-refractivity contribution in [3.8, 4) is 0 Å². The van der Waals surface area contributed by atoms with Crippen LogP contribution in [0.1, 0.15) is 19.3 Å². The molecular weight excluding hydrogens is 192 g/mol. The Balaban J connectivity index is 2.28. The molecule has 0 aliphatic carbocycles. The average Bonchev–Trinajstić information content (AvgIpc) is 2.29. The van der Waals surface area contributed by atoms with Crippen LogP contribution in [0.2, 0.25) is 0 Å². The van der Waals surface area contributed by atoms with Gasteiger partial charge in [0.2, 0.25) is 5.91 Å². The molecule has 1 rings (SSSR count). The summed E-state index contributed by atoms with van der Waals surface area (Å²) in [6, 6.07) is 0. The van der Waals surface area contributed by atoms with E-state index in [2.05, 4.69) is 6.58 Å². The molecule has 1 unspecified atom stereocenters. The molecule has 86 valence electrons. The lowest BCUT2D eigenvalue weighted by molar-refractivity contribution is -0.133. The molecular formula is C11H20N2O2. The summed E-state index contributed by atoms with van der Waals surface area (Å²) >= 11 is 0. The van der Waals surface area contributed by atoms with Gasteiger partial charge in [-0.3, -0.25) is 4.79 Å². The van der Waals surface area contributed by atoms with Crippen molar-refractivity contribution in [2.24, 2.45) is 5.73 Å². The molecule has 1 aliphatic heterocycles. The maximum Gasteiger partial charge on any atom is 0.236 e. The molecule has 0 saturated carbocycles. The molecule has 1 heterocycles. The van der Waals surface area contributed by atoms with E-state index in [9.17, 15) is 4.79 Å². The summed E-state index contributed by atoms with van der Waals surface area (Å²) in [6.07, 6.45) is 4.91. The van der Waals surface area contributed by atoms with Crippen molar-refractivity contribution in [2.75, 3.05) is 26.2 Å². The number of nitrogens with zero attached hydrogens (tertiary/aromatic N) is 1. The molecule has 0 spiro atoms. The number of ether oxygens (including phenoxy) is 1. The number of likely N-dealkylation sites (tertiary alicyclic amines) is 1. The molecule has 4 nitrogen and oxygen atoms in total. The smallest absolute Gasteiger partial charge is 0.236 e. The molecule has 1 aliphatic rings. The first-order chi connectivity index (χ1) is 7.27. The number of carbonyl (C=O) groups excluding carboxylic acids is 1. The van der Waals surface area contributed by atoms with Crippen LogP contribution in [0.5, 0.6) is 0 Å². The van der Waals surface area contributed by atoms with Crippen molar-refractivity contribution < 1.29 is 9.53 Å². The highest BCUT2D eigenvalue weighted by atomic mass is 16.5. The summed E-state index contributed by atoms with van der Waals surface area (Å²) in [6.45, 7) is 5.93. The third-order valence-corrected chi connectivity index (χ3v) is 2.58. The molecule has 1 amide bonds. The maximum atomic E-state index is 11.4. The van der Waals surface area contributed by atoms with Gasteiger partial charge >= 0.3 is 0 Å². The minimum atomic E-state index is 0.0204. The zero-order chi connectivity index (χ0) is 11.1. The molecule has 15 heavy (non-hydrogen) atoms. The molecule has 0 aromatic heterocycles. The lowest BCUT2D eigenvalue weighted by Crippen LogP contribution is -2.45. The van der Waals surface area contributed by atoms with Gasteiger partial charge in [-0.2, -0.15) is 0 Å². The van der Waals surface area contributed by atoms with Crippen LogP contribution in [-0.4, -0.2) is 43.2 Å². The monoisotopic (exact) mass is 212 g/mol. The Morgan fingerprint density at radius 3 is 3.13 bits per heavy atom. The summed E-state index contributed by atoms with van der Waals surface area (Å²) in [5.41, 5.74) is 5.32. The summed E-state index contributed by atoms with van der Waals surface area (Å²) < 4.78 is 5.64. The van der Waals surface area contributed by atoms with Gasteiger partial charge in [0.15, 0.2) is 0 Å². The van der Waals surface area contributed by atoms with Crippen molar-refractivity contribution in [2.45, 2.75) is 25.4 Å². The predicted molar refractivity (Wildman–Crippen MR) is 59.4 cm³/mol. The number of amides is 1. The zero-order valence-corrected chi connectivity index (χ0v) is 9.15. The van der Waals surface area contributed by atoms with E-state index >= 15 is 0 Å². The standard InChI is InChI=1S/C11H20N2O2/c1-2-3-7-15-10-5-4-6-13(9-10)11(14)8-12/h2,10H,1,3-9,12H2. The predicted octanol–water partition coefficient (Wildman–Crippen LogP) is 0.529. The van der Waals surface area contributed by atoms with Crippen molar-refractivity contribution >= 4 is 5.91 Å². The van der Waals surface area contributed by atoms with Gasteiger partial charge in [0.25, 0.3) is 0 Å². The van der Waals surface area contributed by atoms with Gasteiger partial charge in [-0.1, -0.05) is 6.08 Å². The van der Waals surface area contributed by atoms with E-state index in [-0.39, 0.29) is 18.6 Å². The minimum Gasteiger partial charge on any atom is -0.376 e. The Morgan fingerprint density at radius 2 is 2.47 bits per heavy atom. The number of nitrogens with two attached hydrogens (primary N) is 1. The zero-order valence-electron chi connectivity index (χ0n) is 9.15. The Morgan fingerprint density at radius 1 is 1.67 bits per heavy atom. The van der Waals surface area contributed by atoms with Crippen LogP contribution in [0.3, 0.4) is 0 Å². The van der Waals surface area contributed by atoms with Gasteiger partial charge in [-0.25, -0.2) is 0 Å². The molecule has 1 fully saturated rings. The third kappa shape index (κ3) is 4.01. The number of piperidine rings is 1. The summed E-state index contributed by atoms with van der Waals surface area (Å²) in [4.78, 5) is 13.2. The van der Waals surface area contributed by atoms with Gasteiger partial charge in [0, 0.05) is 13.1 Å². The fourth-order valence-electron chi connectivity index (χ4n) is 1.75. The van der Waals surface area contributed by atoms with E-state index in [0.717, 1.165) is 25.8 Å². The van der Waals surface area contributed by atoms with Gasteiger partial charge in [-0.05, 0) is 19.3 Å². The second-order valence-corrected chi connectivity index (χ2v) is 3.76. The van der Waals surface area contributed by atoms with E-state index < -0.39 is 0 Å². The molecule has 0 radical (unpaired) electrons. The fraction of sp³-hybridized carbons (Fsp3) is 0.727. The number of carbonyl (C=O) groups is 1. The van der Waals surface area contributed by atoms with Crippen LogP contribution in [0, 0.1) is 0 Å². The van der Waals surface area contributed by atoms with E-state index in [0.29, 0.717) is 13.2 Å². The maximum absolute atomic E-state index is 11.4. The summed E-state index contributed by atoms with van der Waals surface area (Å²) in [5, 5.41) is 0. The molecule has 1 atom stereocenters. The summed E-state index contributed by atoms with van der Waals surface area (Å²) in [5.74, 6) is 0.0204. The van der Waals surface area contributed by atoms with Crippen LogP contribution in [0.15, 0.2) is 12.7 Å². The van der Waals surface area contributed by atoms with Crippen LogP contribution in [0.25, 0.3) is 0 Å². The van der Waals surface area contributed by atoms with Gasteiger partial charge < -0.3 is 15.4 Å². The highest BCUT2D eigenvalue weighted by molar-refractivity contribution is 5.78. The molecule has 0 bridgehead atoms. The number of hydrogen-bond donors (Lipinski definition) is 1. The second-order valence-electron chi connectivity index (χ2n) is 3.76. The van der Waals surface area contributed by atoms with Gasteiger partial charge in [0.1, 0.15) is 0 Å². The van der Waals surface area contributed by atoms with Gasteiger partial charge in [0.05, 0.1) is 19.3 Å². The Labute approximate surface area is 91.1 Å². The lowest BCUT2D eigenvalue weighted by Gasteiger charge is -2.32. The fourth-order valence-corrected chi connectivity index (χ4v) is 1.75. The van der Waals surface area contributed by atoms with Crippen LogP contribution >= 0.6 is 0 Å². The van der Waals surface area contributed by atoms with Crippen molar-refractivity contribution in [3.63, 3.8) is 0 Å². The molecule has 1 saturated heterocycles. The second kappa shape index (κ2) is 6.58. The topological polar surface area (TPSA) is 55.6 Å². The van der Waals surface area contributed by atoms with Crippen LogP contribution < -0.4 is 5.73 Å². The molecule has 4 heteroatoms. The van der Waals surface area contributed by atoms with E-state index in [1.807, 2.05) is 6.08 Å². The highest BCUT2D eigenvalue weighted by Crippen LogP contribution is 2.13. The van der Waals surface area contributed by atoms with Crippen molar-refractivity contribution in [1.29, 1.82) is 0 Å². The van der Waals surface area contributed by atoms with E-state index in [1.54, 1.807) is 4.90 Å². The summed E-state index contributed by atoms with van der Waals surface area (Å²) in [7, 11) is 0. The van der Waals surface area contributed by atoms with Crippen LogP contribution in [-0.2, 0) is 9.53 Å². The first kappa shape index (κ1) is 12.2. The van der Waals surface area contributed by atoms with Gasteiger partial charge in [-0.15, -0.1) is 6.58 Å². The normalized spacial score (nSPS) is 21.4. The molecule has 0 aromatic carbocycles. The Kier molecular flexibility index (Phi) is 5.36. The van der Waals surface area contributed by atoms with E-state index in [4.69, 9.17) is 10.5 Å². The first-order valence-corrected chi connectivity index (χ1v) is 5.48.